The Balaban J connectivity index is 1.43. The van der Waals surface area contributed by atoms with Crippen LogP contribution in [0.4, 0.5) is 10.1 Å². The minimum Gasteiger partial charge on any atom is -0.481 e. The molecule has 3 aliphatic rings. The molecule has 22 heavy (non-hydrogen) atoms. The zero-order valence-electron chi connectivity index (χ0n) is 12.1. The van der Waals surface area contributed by atoms with E-state index in [-0.39, 0.29) is 23.8 Å². The van der Waals surface area contributed by atoms with Crippen LogP contribution in [0, 0.1) is 35.4 Å². The summed E-state index contributed by atoms with van der Waals surface area (Å²) in [5.74, 6) is 0.990. The predicted octanol–water partition coefficient (Wildman–Crippen LogP) is 2.68. The number of hydrogen-bond donors (Lipinski definition) is 2. The van der Waals surface area contributed by atoms with Crippen LogP contribution in [0.25, 0.3) is 0 Å². The van der Waals surface area contributed by atoms with E-state index in [0.717, 1.165) is 11.8 Å². The number of anilines is 1. The first-order valence-corrected chi connectivity index (χ1v) is 7.85. The fraction of sp³-hybridized carbons (Fsp3) is 0.529. The topological polar surface area (TPSA) is 66.4 Å². The molecular weight excluding hydrogens is 285 g/mol. The summed E-state index contributed by atoms with van der Waals surface area (Å²) in [6.07, 6.45) is 3.45. The molecule has 0 heterocycles. The molecule has 2 N–H and O–H groups in total. The molecule has 116 valence electrons. The highest BCUT2D eigenvalue weighted by molar-refractivity contribution is 5.95. The lowest BCUT2D eigenvalue weighted by Gasteiger charge is -2.10. The fourth-order valence-corrected chi connectivity index (χ4v) is 4.83. The van der Waals surface area contributed by atoms with E-state index in [2.05, 4.69) is 5.32 Å². The van der Waals surface area contributed by atoms with E-state index in [1.807, 2.05) is 0 Å². The molecule has 5 heteroatoms. The minimum atomic E-state index is -1.07. The fourth-order valence-electron chi connectivity index (χ4n) is 4.83. The van der Waals surface area contributed by atoms with Crippen molar-refractivity contribution in [1.29, 1.82) is 0 Å². The van der Waals surface area contributed by atoms with Crippen LogP contribution in [0.1, 0.15) is 24.8 Å². The Bertz CT molecular complexity index is 643. The highest BCUT2D eigenvalue weighted by Crippen LogP contribution is 2.69. The lowest BCUT2D eigenvalue weighted by Crippen LogP contribution is -2.18. The molecular formula is C17H18FNO3. The Morgan fingerprint density at radius 1 is 1.23 bits per heavy atom. The van der Waals surface area contributed by atoms with E-state index in [4.69, 9.17) is 5.11 Å². The van der Waals surface area contributed by atoms with E-state index in [1.165, 1.54) is 31.4 Å². The quantitative estimate of drug-likeness (QED) is 0.898. The predicted molar refractivity (Wildman–Crippen MR) is 77.7 cm³/mol. The second kappa shape index (κ2) is 4.80. The third-order valence-corrected chi connectivity index (χ3v) is 5.70. The second-order valence-electron chi connectivity index (χ2n) is 6.88. The Morgan fingerprint density at radius 3 is 2.50 bits per heavy atom. The summed E-state index contributed by atoms with van der Waals surface area (Å²) in [6, 6.07) is 4.21. The standard InChI is InChI=1S/C17H18FNO3/c18-12-7-11(4-3-8(12)6-13(20)21)19-17(22)16-14-9-1-2-10(5-9)15(14)16/h3-4,7,9-10,14-16H,1-2,5-6H2,(H,19,22)(H,20,21). The molecule has 3 aliphatic carbocycles. The average molecular weight is 303 g/mol. The molecule has 0 spiro atoms. The minimum absolute atomic E-state index is 0.00279. The van der Waals surface area contributed by atoms with Crippen molar-refractivity contribution in [3.63, 3.8) is 0 Å². The van der Waals surface area contributed by atoms with Gasteiger partial charge in [0.1, 0.15) is 5.82 Å². The summed E-state index contributed by atoms with van der Waals surface area (Å²) >= 11 is 0. The molecule has 4 atom stereocenters. The van der Waals surface area contributed by atoms with Crippen molar-refractivity contribution in [2.45, 2.75) is 25.7 Å². The van der Waals surface area contributed by atoms with E-state index in [9.17, 15) is 14.0 Å². The SMILES string of the molecule is O=C(O)Cc1ccc(NC(=O)C2C3C4CCC(C4)C23)cc1F. The van der Waals surface area contributed by atoms with Gasteiger partial charge in [0.25, 0.3) is 0 Å². The Labute approximate surface area is 127 Å². The summed E-state index contributed by atoms with van der Waals surface area (Å²) in [7, 11) is 0. The Morgan fingerprint density at radius 2 is 1.91 bits per heavy atom. The summed E-state index contributed by atoms with van der Waals surface area (Å²) in [4.78, 5) is 23.0. The summed E-state index contributed by atoms with van der Waals surface area (Å²) < 4.78 is 13.8. The number of rotatable bonds is 4. The molecule has 0 saturated heterocycles. The number of hydrogen-bond acceptors (Lipinski definition) is 2. The molecule has 1 aromatic carbocycles. The molecule has 4 nitrogen and oxygen atoms in total. The Kier molecular flexibility index (Phi) is 2.99. The molecule has 0 aromatic heterocycles. The smallest absolute Gasteiger partial charge is 0.307 e. The summed E-state index contributed by atoms with van der Waals surface area (Å²) in [5.41, 5.74) is 0.542. The van der Waals surface area contributed by atoms with Gasteiger partial charge in [-0.3, -0.25) is 9.59 Å². The number of benzene rings is 1. The van der Waals surface area contributed by atoms with Crippen LogP contribution in [0.15, 0.2) is 18.2 Å². The number of aliphatic carboxylic acids is 1. The maximum absolute atomic E-state index is 13.8. The van der Waals surface area contributed by atoms with Crippen molar-refractivity contribution in [2.75, 3.05) is 5.32 Å². The highest BCUT2D eigenvalue weighted by atomic mass is 19.1. The summed E-state index contributed by atoms with van der Waals surface area (Å²) in [5, 5.41) is 11.5. The maximum Gasteiger partial charge on any atom is 0.307 e. The number of carbonyl (C=O) groups is 2. The Hall–Kier alpha value is -1.91. The third kappa shape index (κ3) is 2.11. The van der Waals surface area contributed by atoms with Crippen LogP contribution in [0.3, 0.4) is 0 Å². The van der Waals surface area contributed by atoms with Gasteiger partial charge in [0.05, 0.1) is 6.42 Å². The number of carboxylic acids is 1. The number of carbonyl (C=O) groups excluding carboxylic acids is 1. The van der Waals surface area contributed by atoms with Crippen molar-refractivity contribution < 1.29 is 19.1 Å². The van der Waals surface area contributed by atoms with Crippen LogP contribution in [-0.4, -0.2) is 17.0 Å². The van der Waals surface area contributed by atoms with Gasteiger partial charge in [-0.25, -0.2) is 4.39 Å². The van der Waals surface area contributed by atoms with Crippen molar-refractivity contribution in [2.24, 2.45) is 29.6 Å². The van der Waals surface area contributed by atoms with Crippen molar-refractivity contribution in [3.05, 3.63) is 29.6 Å². The normalized spacial score (nSPS) is 34.3. The molecule has 2 bridgehead atoms. The third-order valence-electron chi connectivity index (χ3n) is 5.70. The average Bonchev–Trinajstić information content (AvgIpc) is 2.91. The molecule has 4 rings (SSSR count). The molecule has 1 aromatic rings. The van der Waals surface area contributed by atoms with E-state index >= 15 is 0 Å². The monoisotopic (exact) mass is 303 g/mol. The molecule has 3 saturated carbocycles. The zero-order valence-corrected chi connectivity index (χ0v) is 12.1. The molecule has 1 amide bonds. The van der Waals surface area contributed by atoms with Gasteiger partial charge in [-0.05, 0) is 60.6 Å². The first-order chi connectivity index (χ1) is 10.5. The van der Waals surface area contributed by atoms with E-state index in [0.29, 0.717) is 17.5 Å². The van der Waals surface area contributed by atoms with Gasteiger partial charge in [0, 0.05) is 11.6 Å². The van der Waals surface area contributed by atoms with Crippen LogP contribution in [0.2, 0.25) is 0 Å². The maximum atomic E-state index is 13.8. The van der Waals surface area contributed by atoms with Crippen molar-refractivity contribution >= 4 is 17.6 Å². The number of fused-ring (bicyclic) bond motifs is 5. The summed E-state index contributed by atoms with van der Waals surface area (Å²) in [6.45, 7) is 0. The van der Waals surface area contributed by atoms with Gasteiger partial charge < -0.3 is 10.4 Å². The molecule has 4 unspecified atom stereocenters. The van der Waals surface area contributed by atoms with Crippen molar-refractivity contribution in [3.8, 4) is 0 Å². The number of halogens is 1. The van der Waals surface area contributed by atoms with Crippen LogP contribution >= 0.6 is 0 Å². The van der Waals surface area contributed by atoms with Gasteiger partial charge in [-0.1, -0.05) is 6.07 Å². The van der Waals surface area contributed by atoms with Crippen LogP contribution in [-0.2, 0) is 16.0 Å². The molecule has 3 fully saturated rings. The number of nitrogens with one attached hydrogen (secondary N) is 1. The first kappa shape index (κ1) is 13.7. The number of carboxylic acid groups (broad SMARTS) is 1. The second-order valence-corrected chi connectivity index (χ2v) is 6.88. The number of amides is 1. The van der Waals surface area contributed by atoms with Crippen molar-refractivity contribution in [1.82, 2.24) is 0 Å². The van der Waals surface area contributed by atoms with Gasteiger partial charge in [0.2, 0.25) is 5.91 Å². The lowest BCUT2D eigenvalue weighted by atomic mass is 10.0. The zero-order chi connectivity index (χ0) is 15.4. The first-order valence-electron chi connectivity index (χ1n) is 7.85. The lowest BCUT2D eigenvalue weighted by molar-refractivity contribution is -0.136. The highest BCUT2D eigenvalue weighted by Gasteiger charge is 2.67. The van der Waals surface area contributed by atoms with Crippen LogP contribution < -0.4 is 5.32 Å². The van der Waals surface area contributed by atoms with E-state index < -0.39 is 11.8 Å². The van der Waals surface area contributed by atoms with Crippen LogP contribution in [0.5, 0.6) is 0 Å². The molecule has 0 radical (unpaired) electrons. The van der Waals surface area contributed by atoms with Gasteiger partial charge in [0.15, 0.2) is 0 Å². The van der Waals surface area contributed by atoms with Gasteiger partial charge in [-0.15, -0.1) is 0 Å². The van der Waals surface area contributed by atoms with Gasteiger partial charge >= 0.3 is 5.97 Å². The van der Waals surface area contributed by atoms with E-state index in [1.54, 1.807) is 6.07 Å². The largest absolute Gasteiger partial charge is 0.481 e. The van der Waals surface area contributed by atoms with Gasteiger partial charge in [-0.2, -0.15) is 0 Å². The molecule has 0 aliphatic heterocycles.